The molecular formula is C5H13N2OP. The zero-order valence-electron chi connectivity index (χ0n) is 6.01. The van der Waals surface area contributed by atoms with Gasteiger partial charge in [-0.2, -0.15) is 0 Å². The van der Waals surface area contributed by atoms with Crippen LogP contribution < -0.4 is 11.2 Å². The van der Waals surface area contributed by atoms with Crippen molar-refractivity contribution in [3.05, 3.63) is 5.44 Å². The summed E-state index contributed by atoms with van der Waals surface area (Å²) in [7, 11) is 0. The molecule has 0 aliphatic carbocycles. The Morgan fingerprint density at radius 3 is 1.78 bits per heavy atom. The van der Waals surface area contributed by atoms with Gasteiger partial charge in [0.15, 0.2) is 0 Å². The molecule has 4 heteroatoms. The van der Waals surface area contributed by atoms with Crippen LogP contribution in [0.2, 0.25) is 0 Å². The average molecular weight is 148 g/mol. The molecule has 3 nitrogen and oxygen atoms in total. The van der Waals surface area contributed by atoms with Crippen molar-refractivity contribution in [3.63, 3.8) is 0 Å². The summed E-state index contributed by atoms with van der Waals surface area (Å²) >= 11 is 0. The summed E-state index contributed by atoms with van der Waals surface area (Å²) in [6, 6.07) is 0. The predicted octanol–water partition coefficient (Wildman–Crippen LogP) is -0.0655. The van der Waals surface area contributed by atoms with E-state index in [9.17, 15) is 4.79 Å². The first kappa shape index (κ1) is 8.64. The van der Waals surface area contributed by atoms with Crippen molar-refractivity contribution in [2.24, 2.45) is 11.2 Å². The van der Waals surface area contributed by atoms with Gasteiger partial charge in [-0.1, -0.05) is 0 Å². The van der Waals surface area contributed by atoms with Crippen LogP contribution in [-0.4, -0.2) is 25.9 Å². The normalized spacial score (nSPS) is 15.3. The van der Waals surface area contributed by atoms with Crippen molar-refractivity contribution in [1.29, 1.82) is 0 Å². The molecule has 0 heterocycles. The molecule has 0 aromatic carbocycles. The Balaban J connectivity index is 4.78. The average Bonchev–Trinajstić information content (AvgIpc) is 1.60. The number of carbonyl (C=O) groups excluding carboxylic acids is 1. The van der Waals surface area contributed by atoms with Crippen LogP contribution in [0.3, 0.4) is 0 Å². The number of nitrogens with two attached hydrogens (primary N) is 2. The van der Waals surface area contributed by atoms with Crippen molar-refractivity contribution in [1.82, 2.24) is 0 Å². The molecule has 0 radical (unpaired) electrons. The minimum absolute atomic E-state index is 0.168. The SMILES string of the molecule is CP(C)(C)(N)C(N)=C=O. The van der Waals surface area contributed by atoms with Gasteiger partial charge < -0.3 is 0 Å². The van der Waals surface area contributed by atoms with Gasteiger partial charge in [0.25, 0.3) is 0 Å². The summed E-state index contributed by atoms with van der Waals surface area (Å²) < 4.78 is 0. The Morgan fingerprint density at radius 2 is 1.78 bits per heavy atom. The standard InChI is InChI=1S/C5H13N2OP/c1-9(2,3,7)5(6)4-8/h6-7H2,1-3H3. The maximum atomic E-state index is 10.0. The van der Waals surface area contributed by atoms with E-state index in [1.165, 1.54) is 0 Å². The van der Waals surface area contributed by atoms with E-state index in [-0.39, 0.29) is 5.44 Å². The third-order valence-corrected chi connectivity index (χ3v) is 2.78. The predicted molar refractivity (Wildman–Crippen MR) is 42.3 cm³/mol. The van der Waals surface area contributed by atoms with E-state index in [1.54, 1.807) is 25.9 Å². The molecule has 0 atom stereocenters. The van der Waals surface area contributed by atoms with Gasteiger partial charge in [0.2, 0.25) is 0 Å². The Morgan fingerprint density at radius 1 is 1.44 bits per heavy atom. The summed E-state index contributed by atoms with van der Waals surface area (Å²) in [4.78, 5) is 10.0. The molecule has 0 aliphatic rings. The first-order chi connectivity index (χ1) is 3.74. The fourth-order valence-electron chi connectivity index (χ4n) is 0.163. The molecule has 0 amide bonds. The van der Waals surface area contributed by atoms with Crippen LogP contribution in [0.15, 0.2) is 5.44 Å². The Hall–Kier alpha value is -0.360. The molecule has 0 aromatic rings. The molecular weight excluding hydrogens is 135 g/mol. The first-order valence-corrected chi connectivity index (χ1v) is 6.21. The van der Waals surface area contributed by atoms with Crippen molar-refractivity contribution in [2.45, 2.75) is 0 Å². The van der Waals surface area contributed by atoms with Crippen molar-refractivity contribution >= 4 is 12.7 Å². The number of hydrogen-bond donors (Lipinski definition) is 2. The quantitative estimate of drug-likeness (QED) is 0.404. The van der Waals surface area contributed by atoms with E-state index < -0.39 is 6.75 Å². The third-order valence-electron chi connectivity index (χ3n) is 0.966. The Bertz CT molecular complexity index is 164. The van der Waals surface area contributed by atoms with E-state index in [1.807, 2.05) is 0 Å². The van der Waals surface area contributed by atoms with Gasteiger partial charge in [-0.25, -0.2) is 0 Å². The zero-order valence-corrected chi connectivity index (χ0v) is 6.90. The van der Waals surface area contributed by atoms with Gasteiger partial charge in [-0.15, -0.1) is 0 Å². The molecule has 54 valence electrons. The van der Waals surface area contributed by atoms with Gasteiger partial charge in [0.05, 0.1) is 0 Å². The molecule has 0 unspecified atom stereocenters. The molecule has 0 bridgehead atoms. The minimum atomic E-state index is -2.44. The molecule has 9 heavy (non-hydrogen) atoms. The van der Waals surface area contributed by atoms with Crippen LogP contribution in [0.25, 0.3) is 0 Å². The molecule has 0 aromatic heterocycles. The fraction of sp³-hybridized carbons (Fsp3) is 0.600. The van der Waals surface area contributed by atoms with Crippen LogP contribution >= 0.6 is 6.75 Å². The van der Waals surface area contributed by atoms with Gasteiger partial charge in [-0.3, -0.25) is 0 Å². The van der Waals surface area contributed by atoms with E-state index in [0.29, 0.717) is 0 Å². The van der Waals surface area contributed by atoms with Crippen LogP contribution in [0.5, 0.6) is 0 Å². The maximum absolute atomic E-state index is 10.0. The Labute approximate surface area is 55.1 Å². The van der Waals surface area contributed by atoms with Crippen LogP contribution in [0.4, 0.5) is 0 Å². The summed E-state index contributed by atoms with van der Waals surface area (Å²) in [5.74, 6) is 1.62. The molecule has 0 rings (SSSR count). The van der Waals surface area contributed by atoms with Gasteiger partial charge >= 0.3 is 54.2 Å². The van der Waals surface area contributed by atoms with E-state index in [0.717, 1.165) is 0 Å². The number of hydrogen-bond acceptors (Lipinski definition) is 3. The van der Waals surface area contributed by atoms with E-state index in [4.69, 9.17) is 11.2 Å². The molecule has 0 saturated carbocycles. The van der Waals surface area contributed by atoms with Crippen molar-refractivity contribution < 1.29 is 4.79 Å². The van der Waals surface area contributed by atoms with Crippen LogP contribution in [-0.2, 0) is 4.79 Å². The molecule has 0 saturated heterocycles. The topological polar surface area (TPSA) is 69.1 Å². The molecule has 4 N–H and O–H groups in total. The monoisotopic (exact) mass is 148 g/mol. The summed E-state index contributed by atoms with van der Waals surface area (Å²) in [5.41, 5.74) is 11.2. The molecule has 0 fully saturated rings. The van der Waals surface area contributed by atoms with Crippen molar-refractivity contribution in [3.8, 4) is 0 Å². The second-order valence-electron chi connectivity index (χ2n) is 3.40. The van der Waals surface area contributed by atoms with Gasteiger partial charge in [0.1, 0.15) is 0 Å². The zero-order chi connectivity index (χ0) is 7.73. The van der Waals surface area contributed by atoms with Gasteiger partial charge in [-0.05, 0) is 0 Å². The third kappa shape index (κ3) is 2.62. The second kappa shape index (κ2) is 1.81. The fourth-order valence-corrected chi connectivity index (χ4v) is 0.490. The number of rotatable bonds is 1. The van der Waals surface area contributed by atoms with E-state index >= 15 is 0 Å². The summed E-state index contributed by atoms with van der Waals surface area (Å²) in [6.07, 6.45) is 0. The first-order valence-electron chi connectivity index (χ1n) is 2.57. The van der Waals surface area contributed by atoms with Gasteiger partial charge in [0, 0.05) is 0 Å². The molecule has 0 aliphatic heterocycles. The second-order valence-corrected chi connectivity index (χ2v) is 9.72. The van der Waals surface area contributed by atoms with Crippen molar-refractivity contribution in [2.75, 3.05) is 20.0 Å². The van der Waals surface area contributed by atoms with E-state index in [2.05, 4.69) is 0 Å². The summed E-state index contributed by atoms with van der Waals surface area (Å²) in [6.45, 7) is 2.95. The summed E-state index contributed by atoms with van der Waals surface area (Å²) in [5, 5.41) is 0. The van der Waals surface area contributed by atoms with Crippen LogP contribution in [0.1, 0.15) is 0 Å². The molecule has 0 spiro atoms. The Kier molecular flexibility index (Phi) is 1.74. The van der Waals surface area contributed by atoms with Crippen LogP contribution in [0, 0.1) is 0 Å².